The number of carboxylic acids is 2. The van der Waals surface area contributed by atoms with E-state index in [1.54, 1.807) is 34.6 Å². The van der Waals surface area contributed by atoms with Gasteiger partial charge in [0.1, 0.15) is 65.6 Å². The predicted octanol–water partition coefficient (Wildman–Crippen LogP) is -2.54. The van der Waals surface area contributed by atoms with Crippen molar-refractivity contribution in [2.45, 2.75) is 168 Å². The van der Waals surface area contributed by atoms with Gasteiger partial charge >= 0.3 is 11.9 Å². The molecule has 12 atom stereocenters. The summed E-state index contributed by atoms with van der Waals surface area (Å²) in [5.41, 5.74) is 2.85. The summed E-state index contributed by atoms with van der Waals surface area (Å²) in [6.07, 6.45) is -4.80. The molecular weight excluding hydrogens is 1220 g/mol. The Hall–Kier alpha value is -8.88. The molecule has 4 aliphatic rings. The van der Waals surface area contributed by atoms with Gasteiger partial charge in [0.25, 0.3) is 11.8 Å². The third-order valence-electron chi connectivity index (χ3n) is 17.1. The molecule has 1 aromatic rings. The number of aryl methyl sites for hydroxylation is 1. The number of aliphatic hydroxyl groups is 4. The highest BCUT2D eigenvalue weighted by Gasteiger charge is 2.50. The molecule has 1 aliphatic carbocycles. The minimum absolute atomic E-state index is 0.0871. The molecule has 10 amide bonds. The first kappa shape index (κ1) is 74.8. The van der Waals surface area contributed by atoms with Crippen LogP contribution in [0, 0.1) is 31.6 Å². The van der Waals surface area contributed by atoms with E-state index in [0.717, 1.165) is 24.5 Å². The summed E-state index contributed by atoms with van der Waals surface area (Å²) in [4.78, 5) is 189. The van der Waals surface area contributed by atoms with Crippen LogP contribution < -0.4 is 32.4 Å². The molecule has 5 rings (SSSR count). The van der Waals surface area contributed by atoms with Crippen LogP contribution in [0.25, 0.3) is 22.6 Å². The van der Waals surface area contributed by atoms with E-state index in [1.807, 2.05) is 0 Å². The lowest BCUT2D eigenvalue weighted by Gasteiger charge is -2.36. The molecule has 1 aromatic carbocycles. The van der Waals surface area contributed by atoms with Gasteiger partial charge in [-0.15, -0.1) is 0 Å². The van der Waals surface area contributed by atoms with E-state index < -0.39 is 204 Å². The summed E-state index contributed by atoms with van der Waals surface area (Å²) in [6, 6.07) is -10.1. The molecule has 12 N–H and O–H groups in total. The van der Waals surface area contributed by atoms with Crippen LogP contribution in [0.5, 0.6) is 0 Å². The monoisotopic (exact) mass is 1310 g/mol. The zero-order valence-electron chi connectivity index (χ0n) is 54.9. The van der Waals surface area contributed by atoms with Crippen molar-refractivity contribution in [3.8, 4) is 11.5 Å². The number of amides is 10. The Labute approximate surface area is 536 Å². The van der Waals surface area contributed by atoms with E-state index in [9.17, 15) is 93.0 Å². The molecule has 32 heteroatoms. The summed E-state index contributed by atoms with van der Waals surface area (Å²) in [6.45, 7) is 14.1. The van der Waals surface area contributed by atoms with Crippen LogP contribution in [0.15, 0.2) is 21.3 Å². The van der Waals surface area contributed by atoms with Crippen LogP contribution in [0.1, 0.15) is 113 Å². The maximum atomic E-state index is 14.7. The average Bonchev–Trinajstić information content (AvgIpc) is 1.32. The Bertz CT molecular complexity index is 3430. The molecule has 3 aliphatic heterocycles. The Morgan fingerprint density at radius 2 is 1.26 bits per heavy atom. The van der Waals surface area contributed by atoms with Crippen LogP contribution in [-0.4, -0.2) is 263 Å². The van der Waals surface area contributed by atoms with Crippen LogP contribution in [-0.2, 0) is 47.9 Å². The standard InChI is InChI=1S/C61H88N12O20/c1-25(2)41(57(86)72-20-16-17-34(72)56(85)68(12)23-38(79)71(15)47(27(5)6)61(91)92)64-54(83)43(32(11)75)66-52(81)33-19-18-28(7)50-44(33)63-46-39(40(62)49(80)30(9)51(46)93-50)53(82)67-45(36(77)24-74)55(84)65-42(26(3)4)58(87)73-29(8)21-35(76)48(73)59(88)69(13)22-37(78)70(14)31(10)60(89)90/h18-19,25-27,29,31-32,34-36,41-43,45,47-48,74-77H,16-17,20-24,62H2,1-15H3,(H,64,83)(H,65,84)(H,66,81)(H,67,82)(H,89,90)(H,91,92)/t29?,31-,32+,34-,35?,36+,41+,42+,43-,45-,47-,48-/m0/s1. The quantitative estimate of drug-likeness (QED) is 0.0291. The number of nitrogens with zero attached hydrogens (tertiary/aromatic N) is 7. The first-order valence-electron chi connectivity index (χ1n) is 30.4. The number of fused-ring (bicyclic) bond motifs is 2. The summed E-state index contributed by atoms with van der Waals surface area (Å²) >= 11 is 0. The minimum atomic E-state index is -2.15. The van der Waals surface area contributed by atoms with E-state index >= 15 is 0 Å². The number of likely N-dealkylation sites (tertiary alicyclic amines) is 2. The van der Waals surface area contributed by atoms with Crippen LogP contribution in [0.2, 0.25) is 0 Å². The van der Waals surface area contributed by atoms with Crippen molar-refractivity contribution in [3.05, 3.63) is 44.6 Å². The fourth-order valence-electron chi connectivity index (χ4n) is 11.4. The van der Waals surface area contributed by atoms with Gasteiger partial charge in [0.05, 0.1) is 48.7 Å². The van der Waals surface area contributed by atoms with Gasteiger partial charge in [0, 0.05) is 46.3 Å². The fraction of sp³-hybridized carbons (Fsp3) is 0.607. The second-order valence-electron chi connectivity index (χ2n) is 25.1. The van der Waals surface area contributed by atoms with Gasteiger partial charge in [-0.1, -0.05) is 47.6 Å². The maximum absolute atomic E-state index is 14.7. The molecule has 0 bridgehead atoms. The number of nitrogen functional groups attached to an aromatic ring is 1. The Balaban J connectivity index is 1.43. The molecule has 32 nitrogen and oxygen atoms in total. The van der Waals surface area contributed by atoms with Gasteiger partial charge in [0.2, 0.25) is 52.7 Å². The molecule has 0 spiro atoms. The highest BCUT2D eigenvalue weighted by atomic mass is 16.4. The van der Waals surface area contributed by atoms with Gasteiger partial charge in [-0.25, -0.2) is 14.6 Å². The summed E-state index contributed by atoms with van der Waals surface area (Å²) < 4.78 is 6.24. The van der Waals surface area contributed by atoms with Gasteiger partial charge in [-0.2, -0.15) is 0 Å². The second kappa shape index (κ2) is 30.7. The zero-order chi connectivity index (χ0) is 70.4. The molecule has 2 fully saturated rings. The number of anilines is 1. The first-order chi connectivity index (χ1) is 43.2. The minimum Gasteiger partial charge on any atom is -0.480 e. The van der Waals surface area contributed by atoms with Gasteiger partial charge < -0.3 is 91.5 Å². The highest BCUT2D eigenvalue weighted by molar-refractivity contribution is 6.10. The number of nitrogens with two attached hydrogens (primary N) is 1. The Kier molecular flexibility index (Phi) is 24.7. The number of hydrogen-bond acceptors (Lipinski definition) is 20. The van der Waals surface area contributed by atoms with Crippen molar-refractivity contribution in [1.82, 2.24) is 55.7 Å². The number of aromatic nitrogens is 1. The number of aliphatic hydroxyl groups excluding tert-OH is 4. The third kappa shape index (κ3) is 16.1. The number of carboxylic acid groups (broad SMARTS) is 2. The average molecular weight is 1310 g/mol. The maximum Gasteiger partial charge on any atom is 0.326 e. The van der Waals surface area contributed by atoms with Crippen molar-refractivity contribution in [1.29, 1.82) is 0 Å². The number of aliphatic carboxylic acids is 2. The van der Waals surface area contributed by atoms with E-state index in [4.69, 9.17) is 10.2 Å². The zero-order valence-corrected chi connectivity index (χ0v) is 54.9. The smallest absolute Gasteiger partial charge is 0.326 e. The van der Waals surface area contributed by atoms with E-state index in [2.05, 4.69) is 26.3 Å². The summed E-state index contributed by atoms with van der Waals surface area (Å²) in [5, 5.41) is 72.5. The third-order valence-corrected chi connectivity index (χ3v) is 17.1. The molecule has 0 radical (unpaired) electrons. The molecule has 0 aromatic heterocycles. The van der Waals surface area contributed by atoms with Crippen molar-refractivity contribution in [3.63, 3.8) is 0 Å². The molecule has 512 valence electrons. The van der Waals surface area contributed by atoms with Gasteiger partial charge in [-0.3, -0.25) is 52.7 Å². The van der Waals surface area contributed by atoms with E-state index in [1.165, 1.54) is 86.8 Å². The molecule has 3 heterocycles. The first-order valence-corrected chi connectivity index (χ1v) is 30.4. The number of benzene rings is 2. The normalized spacial score (nSPS) is 19.0. The Morgan fingerprint density at radius 3 is 1.78 bits per heavy atom. The van der Waals surface area contributed by atoms with Crippen molar-refractivity contribution >= 4 is 87.8 Å². The summed E-state index contributed by atoms with van der Waals surface area (Å²) in [7, 11) is 5.10. The number of likely N-dealkylation sites (N-methyl/N-ethyl adjacent to an activating group) is 4. The number of carbonyl (C=O) groups excluding carboxylic acids is 10. The Morgan fingerprint density at radius 1 is 0.720 bits per heavy atom. The predicted molar refractivity (Wildman–Crippen MR) is 331 cm³/mol. The number of nitrogens with one attached hydrogen (secondary N) is 4. The topological polar surface area (TPSA) is 463 Å². The van der Waals surface area contributed by atoms with E-state index in [-0.39, 0.29) is 47.4 Å². The largest absolute Gasteiger partial charge is 0.480 e. The van der Waals surface area contributed by atoms with Crippen LogP contribution >= 0.6 is 0 Å². The molecule has 0 saturated carbocycles. The van der Waals surface area contributed by atoms with Crippen LogP contribution in [0.4, 0.5) is 5.69 Å². The molecular formula is C61H88N12O20. The number of hydrogen-bond donors (Lipinski definition) is 11. The highest BCUT2D eigenvalue weighted by Crippen LogP contribution is 2.35. The lowest BCUT2D eigenvalue weighted by molar-refractivity contribution is -0.153. The van der Waals surface area contributed by atoms with Crippen molar-refractivity contribution < 1.29 is 92.6 Å². The summed E-state index contributed by atoms with van der Waals surface area (Å²) in [5.74, 6) is -14.1. The fourth-order valence-corrected chi connectivity index (χ4v) is 11.4. The van der Waals surface area contributed by atoms with E-state index in [0.29, 0.717) is 12.0 Å². The SMILES string of the molecule is Cc1c2oc3c(C)ccc(C(=O)N[C@H](C(=O)N[C@@H](C(=O)N4CCC[C@H]4C(=O)N(C)CC(=O)N(C)[C@H](C(=O)O)C(C)C)C(C)C)[C@@H](C)O)c3nc-2c(C(=O)N[C@H](C(=O)N[C@@H](C(=O)N2C(C)CC(O)[C@H]2C(=O)N(C)CC(=O)N(C)[C@@H](C)C(=O)O)C(C)C)[C@H](O)CO)c(N)c1=O. The lowest BCUT2D eigenvalue weighted by Crippen LogP contribution is -2.62. The molecule has 2 saturated heterocycles. The molecule has 2 unspecified atom stereocenters. The van der Waals surface area contributed by atoms with Crippen molar-refractivity contribution in [2.75, 3.05) is 60.2 Å². The van der Waals surface area contributed by atoms with Crippen LogP contribution in [0.3, 0.4) is 0 Å². The lowest BCUT2D eigenvalue weighted by atomic mass is 9.98. The van der Waals surface area contributed by atoms with Crippen molar-refractivity contribution in [2.24, 2.45) is 17.8 Å². The molecule has 93 heavy (non-hydrogen) atoms. The van der Waals surface area contributed by atoms with Gasteiger partial charge in [-0.05, 0) is 83.3 Å². The number of carbonyl (C=O) groups is 12. The second-order valence-corrected chi connectivity index (χ2v) is 25.1. The number of rotatable bonds is 26. The van der Waals surface area contributed by atoms with Gasteiger partial charge in [0.15, 0.2) is 11.3 Å².